The number of rotatable bonds is 3. The summed E-state index contributed by atoms with van der Waals surface area (Å²) in [5.41, 5.74) is 6.86. The number of thiazole rings is 1. The van der Waals surface area contributed by atoms with E-state index in [1.807, 2.05) is 6.92 Å². The van der Waals surface area contributed by atoms with Crippen LogP contribution in [0.25, 0.3) is 0 Å². The summed E-state index contributed by atoms with van der Waals surface area (Å²) in [5, 5.41) is 3.21. The van der Waals surface area contributed by atoms with Crippen LogP contribution in [0.4, 0.5) is 5.13 Å². The molecule has 0 aromatic carbocycles. The zero-order chi connectivity index (χ0) is 12.4. The number of nitrogens with zero attached hydrogens (tertiary/aromatic N) is 2. The summed E-state index contributed by atoms with van der Waals surface area (Å²) in [6.45, 7) is 4.34. The zero-order valence-electron chi connectivity index (χ0n) is 11.0. The molecule has 2 N–H and O–H groups in total. The average molecular weight is 253 g/mol. The molecule has 3 nitrogen and oxygen atoms in total. The standard InChI is InChI=1S/C13H23N3S/c1-9-4-6-11(7-5-9)16(3)13-15-12(8-17-13)10(2)14/h8-11H,4-7,14H2,1-3H3. The minimum absolute atomic E-state index is 0.0415. The molecule has 0 bridgehead atoms. The predicted octanol–water partition coefficient (Wildman–Crippen LogP) is 3.18. The van der Waals surface area contributed by atoms with Crippen LogP contribution in [0.2, 0.25) is 0 Å². The van der Waals surface area contributed by atoms with Gasteiger partial charge in [0.1, 0.15) is 0 Å². The van der Waals surface area contributed by atoms with Gasteiger partial charge in [0.25, 0.3) is 0 Å². The van der Waals surface area contributed by atoms with Crippen LogP contribution < -0.4 is 10.6 Å². The first-order chi connectivity index (χ1) is 8.08. The maximum atomic E-state index is 5.85. The van der Waals surface area contributed by atoms with Crippen molar-refractivity contribution in [3.05, 3.63) is 11.1 Å². The van der Waals surface area contributed by atoms with Gasteiger partial charge in [-0.05, 0) is 38.5 Å². The molecule has 0 amide bonds. The van der Waals surface area contributed by atoms with Gasteiger partial charge in [-0.15, -0.1) is 11.3 Å². The second-order valence-electron chi connectivity index (χ2n) is 5.37. The third kappa shape index (κ3) is 2.99. The normalized spacial score (nSPS) is 26.8. The van der Waals surface area contributed by atoms with Gasteiger partial charge in [0.15, 0.2) is 5.13 Å². The fourth-order valence-corrected chi connectivity index (χ4v) is 3.40. The van der Waals surface area contributed by atoms with E-state index < -0.39 is 0 Å². The molecule has 1 unspecified atom stereocenters. The minimum atomic E-state index is 0.0415. The Morgan fingerprint density at radius 2 is 2.06 bits per heavy atom. The highest BCUT2D eigenvalue weighted by Gasteiger charge is 2.23. The number of hydrogen-bond donors (Lipinski definition) is 1. The Labute approximate surface area is 108 Å². The Hall–Kier alpha value is -0.610. The lowest BCUT2D eigenvalue weighted by Crippen LogP contribution is -2.34. The number of hydrogen-bond acceptors (Lipinski definition) is 4. The predicted molar refractivity (Wildman–Crippen MR) is 74.5 cm³/mol. The maximum Gasteiger partial charge on any atom is 0.185 e. The van der Waals surface area contributed by atoms with Crippen LogP contribution in [0.3, 0.4) is 0 Å². The van der Waals surface area contributed by atoms with Gasteiger partial charge < -0.3 is 10.6 Å². The third-order valence-corrected chi connectivity index (χ3v) is 4.76. The van der Waals surface area contributed by atoms with E-state index >= 15 is 0 Å². The fourth-order valence-electron chi connectivity index (χ4n) is 2.43. The van der Waals surface area contributed by atoms with E-state index in [1.165, 1.54) is 25.7 Å². The number of nitrogens with two attached hydrogens (primary N) is 1. The van der Waals surface area contributed by atoms with E-state index in [4.69, 9.17) is 5.73 Å². The highest BCUT2D eigenvalue weighted by Crippen LogP contribution is 2.31. The maximum absolute atomic E-state index is 5.85. The van der Waals surface area contributed by atoms with Crippen molar-refractivity contribution in [2.24, 2.45) is 11.7 Å². The first-order valence-electron chi connectivity index (χ1n) is 6.51. The molecule has 2 rings (SSSR count). The Kier molecular flexibility index (Phi) is 4.05. The molecule has 1 aliphatic carbocycles. The Morgan fingerprint density at radius 1 is 1.41 bits per heavy atom. The van der Waals surface area contributed by atoms with Crippen molar-refractivity contribution in [1.29, 1.82) is 0 Å². The van der Waals surface area contributed by atoms with Crippen LogP contribution in [0.5, 0.6) is 0 Å². The fraction of sp³-hybridized carbons (Fsp3) is 0.769. The Bertz CT molecular complexity index is 353. The Balaban J connectivity index is 2.01. The molecule has 0 spiro atoms. The smallest absolute Gasteiger partial charge is 0.185 e. The lowest BCUT2D eigenvalue weighted by atomic mass is 9.87. The van der Waals surface area contributed by atoms with Gasteiger partial charge >= 0.3 is 0 Å². The van der Waals surface area contributed by atoms with E-state index in [0.29, 0.717) is 6.04 Å². The molecule has 1 aromatic heterocycles. The van der Waals surface area contributed by atoms with Crippen molar-refractivity contribution in [2.45, 2.75) is 51.6 Å². The summed E-state index contributed by atoms with van der Waals surface area (Å²) in [5.74, 6) is 0.899. The molecule has 4 heteroatoms. The SMILES string of the molecule is CC1CCC(N(C)c2nc(C(C)N)cs2)CC1. The molecule has 1 fully saturated rings. The van der Waals surface area contributed by atoms with Crippen molar-refractivity contribution < 1.29 is 0 Å². The van der Waals surface area contributed by atoms with E-state index in [9.17, 15) is 0 Å². The van der Waals surface area contributed by atoms with Crippen molar-refractivity contribution >= 4 is 16.5 Å². The quantitative estimate of drug-likeness (QED) is 0.899. The molecule has 1 aliphatic rings. The monoisotopic (exact) mass is 253 g/mol. The van der Waals surface area contributed by atoms with Crippen molar-refractivity contribution in [3.63, 3.8) is 0 Å². The molecule has 1 atom stereocenters. The van der Waals surface area contributed by atoms with Crippen LogP contribution in [0.15, 0.2) is 5.38 Å². The molecule has 1 heterocycles. The van der Waals surface area contributed by atoms with Gasteiger partial charge in [0.2, 0.25) is 0 Å². The molecule has 17 heavy (non-hydrogen) atoms. The second kappa shape index (κ2) is 5.36. The molecule has 96 valence electrons. The zero-order valence-corrected chi connectivity index (χ0v) is 11.8. The summed E-state index contributed by atoms with van der Waals surface area (Å²) in [6, 6.07) is 0.707. The average Bonchev–Trinajstić information content (AvgIpc) is 2.78. The van der Waals surface area contributed by atoms with Gasteiger partial charge in [-0.3, -0.25) is 0 Å². The highest BCUT2D eigenvalue weighted by atomic mass is 32.1. The van der Waals surface area contributed by atoms with Gasteiger partial charge in [-0.2, -0.15) is 0 Å². The number of anilines is 1. The lowest BCUT2D eigenvalue weighted by Gasteiger charge is -2.33. The topological polar surface area (TPSA) is 42.2 Å². The molecular formula is C13H23N3S. The lowest BCUT2D eigenvalue weighted by molar-refractivity contribution is 0.340. The summed E-state index contributed by atoms with van der Waals surface area (Å²) in [6.07, 6.45) is 5.29. The first-order valence-corrected chi connectivity index (χ1v) is 7.39. The summed E-state index contributed by atoms with van der Waals surface area (Å²) in [7, 11) is 2.17. The van der Waals surface area contributed by atoms with Gasteiger partial charge in [-0.25, -0.2) is 4.98 Å². The van der Waals surface area contributed by atoms with Crippen LogP contribution in [0, 0.1) is 5.92 Å². The molecule has 0 radical (unpaired) electrons. The summed E-state index contributed by atoms with van der Waals surface area (Å²) >= 11 is 1.72. The van der Waals surface area contributed by atoms with Crippen molar-refractivity contribution in [2.75, 3.05) is 11.9 Å². The van der Waals surface area contributed by atoms with Crippen molar-refractivity contribution in [1.82, 2.24) is 4.98 Å². The summed E-state index contributed by atoms with van der Waals surface area (Å²) in [4.78, 5) is 6.97. The molecule has 1 aromatic rings. The first kappa shape index (κ1) is 12.8. The molecular weight excluding hydrogens is 230 g/mol. The van der Waals surface area contributed by atoms with E-state index in [1.54, 1.807) is 11.3 Å². The van der Waals surface area contributed by atoms with Gasteiger partial charge in [-0.1, -0.05) is 6.92 Å². The van der Waals surface area contributed by atoms with Crippen LogP contribution >= 0.6 is 11.3 Å². The molecule has 0 saturated heterocycles. The molecule has 1 saturated carbocycles. The highest BCUT2D eigenvalue weighted by molar-refractivity contribution is 7.13. The third-order valence-electron chi connectivity index (χ3n) is 3.81. The molecule has 0 aliphatic heterocycles. The van der Waals surface area contributed by atoms with Crippen LogP contribution in [0.1, 0.15) is 51.3 Å². The van der Waals surface area contributed by atoms with Crippen LogP contribution in [-0.4, -0.2) is 18.1 Å². The minimum Gasteiger partial charge on any atom is -0.348 e. The van der Waals surface area contributed by atoms with Crippen molar-refractivity contribution in [3.8, 4) is 0 Å². The largest absolute Gasteiger partial charge is 0.348 e. The number of aromatic nitrogens is 1. The van der Waals surface area contributed by atoms with Gasteiger partial charge in [0.05, 0.1) is 5.69 Å². The second-order valence-corrected chi connectivity index (χ2v) is 6.20. The van der Waals surface area contributed by atoms with Crippen LogP contribution in [-0.2, 0) is 0 Å². The van der Waals surface area contributed by atoms with E-state index in [0.717, 1.165) is 16.7 Å². The van der Waals surface area contributed by atoms with Gasteiger partial charge in [0, 0.05) is 24.5 Å². The van der Waals surface area contributed by atoms with E-state index in [2.05, 4.69) is 29.2 Å². The van der Waals surface area contributed by atoms with E-state index in [-0.39, 0.29) is 6.04 Å². The summed E-state index contributed by atoms with van der Waals surface area (Å²) < 4.78 is 0. The Morgan fingerprint density at radius 3 is 2.59 bits per heavy atom.